The zero-order valence-electron chi connectivity index (χ0n) is 12.6. The maximum Gasteiger partial charge on any atom is 0.322 e. The Labute approximate surface area is 147 Å². The van der Waals surface area contributed by atoms with E-state index in [2.05, 4.69) is 9.72 Å². The predicted molar refractivity (Wildman–Crippen MR) is 93.8 cm³/mol. The minimum Gasteiger partial charge on any atom is -0.468 e. The monoisotopic (exact) mass is 358 g/mol. The smallest absolute Gasteiger partial charge is 0.322 e. The van der Waals surface area contributed by atoms with Crippen LogP contribution in [0.1, 0.15) is 11.3 Å². The predicted octanol–water partition coefficient (Wildman–Crippen LogP) is 2.13. The number of hydrogen-bond acceptors (Lipinski definition) is 5. The van der Waals surface area contributed by atoms with Crippen molar-refractivity contribution in [2.24, 2.45) is 5.73 Å². The number of halogens is 2. The molecule has 1 heterocycles. The standard InChI is InChI=1S/C16H18N2O3.2ClH/c1-21-16(20)15(17)8-11-2-4-12(5-3-11)13-6-7-14(10-19)18-9-13;;/h2-7,9,15,19H,8,10,17H2,1H3;2*1H/t15-;;/m0../s1. The van der Waals surface area contributed by atoms with E-state index in [1.165, 1.54) is 7.11 Å². The lowest BCUT2D eigenvalue weighted by atomic mass is 10.0. The van der Waals surface area contributed by atoms with Crippen LogP contribution in [0, 0.1) is 0 Å². The van der Waals surface area contributed by atoms with Crippen molar-refractivity contribution in [2.75, 3.05) is 7.11 Å². The molecule has 0 spiro atoms. The molecule has 0 bridgehead atoms. The number of nitrogens with zero attached hydrogens (tertiary/aromatic N) is 1. The van der Waals surface area contributed by atoms with Gasteiger partial charge < -0.3 is 15.6 Å². The third-order valence-corrected chi connectivity index (χ3v) is 3.23. The summed E-state index contributed by atoms with van der Waals surface area (Å²) in [7, 11) is 1.33. The van der Waals surface area contributed by atoms with Crippen molar-refractivity contribution in [3.05, 3.63) is 53.9 Å². The molecule has 0 aliphatic rings. The number of carbonyl (C=O) groups excluding carboxylic acids is 1. The van der Waals surface area contributed by atoms with Gasteiger partial charge in [0.25, 0.3) is 0 Å². The second kappa shape index (κ2) is 10.2. The van der Waals surface area contributed by atoms with E-state index in [1.54, 1.807) is 12.3 Å². The number of nitrogens with two attached hydrogens (primary N) is 1. The summed E-state index contributed by atoms with van der Waals surface area (Å²) in [4.78, 5) is 15.4. The van der Waals surface area contributed by atoms with E-state index in [9.17, 15) is 4.79 Å². The van der Waals surface area contributed by atoms with Crippen LogP contribution in [0.4, 0.5) is 0 Å². The molecule has 0 radical (unpaired) electrons. The Morgan fingerprint density at radius 2 is 1.78 bits per heavy atom. The van der Waals surface area contributed by atoms with E-state index in [-0.39, 0.29) is 31.4 Å². The summed E-state index contributed by atoms with van der Waals surface area (Å²) in [5.41, 5.74) is 9.32. The Morgan fingerprint density at radius 3 is 2.26 bits per heavy atom. The van der Waals surface area contributed by atoms with Gasteiger partial charge in [0.1, 0.15) is 6.04 Å². The molecule has 0 aliphatic carbocycles. The molecule has 5 nitrogen and oxygen atoms in total. The molecule has 7 heteroatoms. The minimum absolute atomic E-state index is 0. The van der Waals surface area contributed by atoms with Gasteiger partial charge in [-0.15, -0.1) is 24.8 Å². The van der Waals surface area contributed by atoms with Crippen molar-refractivity contribution >= 4 is 30.8 Å². The summed E-state index contributed by atoms with van der Waals surface area (Å²) in [6.07, 6.45) is 2.16. The number of carbonyl (C=O) groups is 1. The third-order valence-electron chi connectivity index (χ3n) is 3.23. The average molecular weight is 359 g/mol. The molecule has 1 aromatic carbocycles. The number of aliphatic hydroxyl groups is 1. The minimum atomic E-state index is -0.647. The van der Waals surface area contributed by atoms with Gasteiger partial charge in [-0.05, 0) is 23.6 Å². The van der Waals surface area contributed by atoms with Crippen molar-refractivity contribution in [3.8, 4) is 11.1 Å². The molecule has 0 amide bonds. The summed E-state index contributed by atoms with van der Waals surface area (Å²) in [5.74, 6) is -0.414. The van der Waals surface area contributed by atoms with E-state index in [0.717, 1.165) is 16.7 Å². The van der Waals surface area contributed by atoms with Crippen molar-refractivity contribution in [2.45, 2.75) is 19.1 Å². The van der Waals surface area contributed by atoms with Gasteiger partial charge in [-0.3, -0.25) is 9.78 Å². The normalized spacial score (nSPS) is 10.9. The van der Waals surface area contributed by atoms with Crippen LogP contribution in [-0.4, -0.2) is 29.2 Å². The summed E-state index contributed by atoms with van der Waals surface area (Å²) in [6, 6.07) is 10.8. The lowest BCUT2D eigenvalue weighted by Crippen LogP contribution is -2.33. The van der Waals surface area contributed by atoms with E-state index in [0.29, 0.717) is 12.1 Å². The highest BCUT2D eigenvalue weighted by molar-refractivity contribution is 5.85. The van der Waals surface area contributed by atoms with Gasteiger partial charge in [-0.2, -0.15) is 0 Å². The van der Waals surface area contributed by atoms with Crippen LogP contribution in [0.3, 0.4) is 0 Å². The molecule has 0 unspecified atom stereocenters. The molecule has 2 rings (SSSR count). The van der Waals surface area contributed by atoms with Crippen molar-refractivity contribution in [1.82, 2.24) is 4.98 Å². The molecule has 1 atom stereocenters. The number of pyridine rings is 1. The number of hydrogen-bond donors (Lipinski definition) is 2. The Hall–Kier alpha value is -1.66. The molecule has 2 aromatic rings. The molecular formula is C16H20Cl2N2O3. The molecule has 0 saturated carbocycles. The SMILES string of the molecule is COC(=O)[C@@H](N)Cc1ccc(-c2ccc(CO)nc2)cc1.Cl.Cl. The maximum absolute atomic E-state index is 11.3. The van der Waals surface area contributed by atoms with Gasteiger partial charge in [0.05, 0.1) is 19.4 Å². The first-order valence-corrected chi connectivity index (χ1v) is 6.62. The van der Waals surface area contributed by atoms with Gasteiger partial charge in [0, 0.05) is 11.8 Å². The van der Waals surface area contributed by atoms with E-state index < -0.39 is 12.0 Å². The summed E-state index contributed by atoms with van der Waals surface area (Å²) in [5, 5.41) is 8.97. The lowest BCUT2D eigenvalue weighted by molar-refractivity contribution is -0.142. The van der Waals surface area contributed by atoms with E-state index in [4.69, 9.17) is 10.8 Å². The highest BCUT2D eigenvalue weighted by Gasteiger charge is 2.14. The van der Waals surface area contributed by atoms with E-state index in [1.807, 2.05) is 30.3 Å². The number of benzene rings is 1. The zero-order valence-corrected chi connectivity index (χ0v) is 14.3. The summed E-state index contributed by atoms with van der Waals surface area (Å²) < 4.78 is 4.61. The van der Waals surface area contributed by atoms with Crippen LogP contribution in [0.5, 0.6) is 0 Å². The third kappa shape index (κ3) is 5.80. The summed E-state index contributed by atoms with van der Waals surface area (Å²) >= 11 is 0. The fourth-order valence-corrected chi connectivity index (χ4v) is 2.01. The van der Waals surface area contributed by atoms with Crippen LogP contribution in [0.2, 0.25) is 0 Å². The zero-order chi connectivity index (χ0) is 15.2. The van der Waals surface area contributed by atoms with Crippen molar-refractivity contribution < 1.29 is 14.6 Å². The van der Waals surface area contributed by atoms with Crippen LogP contribution in [0.15, 0.2) is 42.6 Å². The van der Waals surface area contributed by atoms with Crippen LogP contribution in [-0.2, 0) is 22.6 Å². The Kier molecular flexibility index (Phi) is 9.44. The summed E-state index contributed by atoms with van der Waals surface area (Å²) in [6.45, 7) is -0.0648. The average Bonchev–Trinajstić information content (AvgIpc) is 2.55. The Balaban J connectivity index is 0.00000242. The number of aromatic nitrogens is 1. The number of aliphatic hydroxyl groups excluding tert-OH is 1. The molecule has 3 N–H and O–H groups in total. The molecular weight excluding hydrogens is 339 g/mol. The van der Waals surface area contributed by atoms with Gasteiger partial charge in [0.2, 0.25) is 0 Å². The second-order valence-electron chi connectivity index (χ2n) is 4.73. The molecule has 0 fully saturated rings. The second-order valence-corrected chi connectivity index (χ2v) is 4.73. The lowest BCUT2D eigenvalue weighted by Gasteiger charge is -2.10. The molecule has 23 heavy (non-hydrogen) atoms. The van der Waals surface area contributed by atoms with Gasteiger partial charge in [0.15, 0.2) is 0 Å². The first kappa shape index (κ1) is 21.3. The van der Waals surface area contributed by atoms with Gasteiger partial charge in [-0.1, -0.05) is 30.3 Å². The molecule has 0 aliphatic heterocycles. The number of methoxy groups -OCH3 is 1. The highest BCUT2D eigenvalue weighted by atomic mass is 35.5. The first-order chi connectivity index (χ1) is 10.1. The number of esters is 1. The van der Waals surface area contributed by atoms with Crippen LogP contribution < -0.4 is 5.73 Å². The number of ether oxygens (including phenoxy) is 1. The molecule has 126 valence electrons. The van der Waals surface area contributed by atoms with Crippen LogP contribution >= 0.6 is 24.8 Å². The Bertz CT molecular complexity index is 604. The molecule has 0 saturated heterocycles. The largest absolute Gasteiger partial charge is 0.468 e. The van der Waals surface area contributed by atoms with Crippen molar-refractivity contribution in [3.63, 3.8) is 0 Å². The molecule has 1 aromatic heterocycles. The van der Waals surface area contributed by atoms with E-state index >= 15 is 0 Å². The quantitative estimate of drug-likeness (QED) is 0.799. The van der Waals surface area contributed by atoms with Crippen molar-refractivity contribution in [1.29, 1.82) is 0 Å². The van der Waals surface area contributed by atoms with Crippen LogP contribution in [0.25, 0.3) is 11.1 Å². The highest BCUT2D eigenvalue weighted by Crippen LogP contribution is 2.19. The fraction of sp³-hybridized carbons (Fsp3) is 0.250. The fourth-order valence-electron chi connectivity index (χ4n) is 2.01. The Morgan fingerprint density at radius 1 is 1.17 bits per heavy atom. The first-order valence-electron chi connectivity index (χ1n) is 6.62. The van der Waals surface area contributed by atoms with Gasteiger partial charge in [-0.25, -0.2) is 0 Å². The topological polar surface area (TPSA) is 85.4 Å². The maximum atomic E-state index is 11.3. The number of rotatable bonds is 5. The van der Waals surface area contributed by atoms with Gasteiger partial charge >= 0.3 is 5.97 Å².